The standard InChI is InChI=1S/C10H12N2O3/c1-7-8(4-3-5-11-7)10(14)12-6-9(13)15-2/h3-5H,6H2,1-2H3,(H,12,14). The summed E-state index contributed by atoms with van der Waals surface area (Å²) in [6.07, 6.45) is 1.60. The summed E-state index contributed by atoms with van der Waals surface area (Å²) in [5, 5.41) is 2.44. The van der Waals surface area contributed by atoms with Gasteiger partial charge in [-0.2, -0.15) is 0 Å². The molecule has 0 radical (unpaired) electrons. The fraction of sp³-hybridized carbons (Fsp3) is 0.300. The summed E-state index contributed by atoms with van der Waals surface area (Å²) >= 11 is 0. The Morgan fingerprint density at radius 1 is 1.53 bits per heavy atom. The average molecular weight is 208 g/mol. The van der Waals surface area contributed by atoms with Gasteiger partial charge in [0.05, 0.1) is 12.7 Å². The van der Waals surface area contributed by atoms with E-state index in [1.165, 1.54) is 7.11 Å². The number of carbonyl (C=O) groups is 2. The van der Waals surface area contributed by atoms with Gasteiger partial charge < -0.3 is 10.1 Å². The third-order valence-electron chi connectivity index (χ3n) is 1.87. The zero-order chi connectivity index (χ0) is 11.3. The summed E-state index contributed by atoms with van der Waals surface area (Å²) in [6.45, 7) is 1.59. The number of esters is 1. The normalized spacial score (nSPS) is 9.47. The quantitative estimate of drug-likeness (QED) is 0.725. The molecule has 0 atom stereocenters. The molecule has 1 aromatic heterocycles. The van der Waals surface area contributed by atoms with E-state index in [-0.39, 0.29) is 12.5 Å². The SMILES string of the molecule is COC(=O)CNC(=O)c1cccnc1C. The summed E-state index contributed by atoms with van der Waals surface area (Å²) < 4.78 is 4.40. The largest absolute Gasteiger partial charge is 0.468 e. The van der Waals surface area contributed by atoms with Gasteiger partial charge in [-0.3, -0.25) is 14.6 Å². The molecule has 0 saturated heterocycles. The Kier molecular flexibility index (Phi) is 3.79. The first-order valence-electron chi connectivity index (χ1n) is 4.41. The molecule has 15 heavy (non-hydrogen) atoms. The minimum Gasteiger partial charge on any atom is -0.468 e. The molecule has 80 valence electrons. The molecule has 0 aliphatic heterocycles. The van der Waals surface area contributed by atoms with E-state index in [1.54, 1.807) is 25.3 Å². The Morgan fingerprint density at radius 3 is 2.87 bits per heavy atom. The number of amides is 1. The van der Waals surface area contributed by atoms with E-state index in [0.29, 0.717) is 11.3 Å². The lowest BCUT2D eigenvalue weighted by molar-refractivity contribution is -0.139. The molecule has 0 aliphatic carbocycles. The van der Waals surface area contributed by atoms with Crippen LogP contribution >= 0.6 is 0 Å². The van der Waals surface area contributed by atoms with Gasteiger partial charge in [-0.25, -0.2) is 0 Å². The molecule has 1 heterocycles. The number of methoxy groups -OCH3 is 1. The topological polar surface area (TPSA) is 68.3 Å². The zero-order valence-electron chi connectivity index (χ0n) is 8.61. The first-order chi connectivity index (χ1) is 7.15. The van der Waals surface area contributed by atoms with Gasteiger partial charge in [0, 0.05) is 11.9 Å². The molecule has 0 saturated carbocycles. The third-order valence-corrected chi connectivity index (χ3v) is 1.87. The van der Waals surface area contributed by atoms with Crippen LogP contribution < -0.4 is 5.32 Å². The van der Waals surface area contributed by atoms with Crippen LogP contribution in [-0.4, -0.2) is 30.5 Å². The molecule has 1 rings (SSSR count). The number of rotatable bonds is 3. The highest BCUT2D eigenvalue weighted by Crippen LogP contribution is 2.02. The maximum atomic E-state index is 11.5. The van der Waals surface area contributed by atoms with Gasteiger partial charge in [0.1, 0.15) is 6.54 Å². The summed E-state index contributed by atoms with van der Waals surface area (Å²) in [7, 11) is 1.27. The van der Waals surface area contributed by atoms with Crippen LogP contribution in [0.15, 0.2) is 18.3 Å². The van der Waals surface area contributed by atoms with Crippen molar-refractivity contribution in [1.82, 2.24) is 10.3 Å². The average Bonchev–Trinajstić information content (AvgIpc) is 2.26. The van der Waals surface area contributed by atoms with E-state index in [2.05, 4.69) is 15.0 Å². The zero-order valence-corrected chi connectivity index (χ0v) is 8.61. The van der Waals surface area contributed by atoms with Crippen molar-refractivity contribution < 1.29 is 14.3 Å². The van der Waals surface area contributed by atoms with Crippen LogP contribution in [-0.2, 0) is 9.53 Å². The number of ether oxygens (including phenoxy) is 1. The molecule has 1 aromatic rings. The molecule has 5 heteroatoms. The minimum absolute atomic E-state index is 0.135. The van der Waals surface area contributed by atoms with Gasteiger partial charge in [-0.05, 0) is 19.1 Å². The lowest BCUT2D eigenvalue weighted by Gasteiger charge is -2.05. The van der Waals surface area contributed by atoms with Crippen LogP contribution in [0.25, 0.3) is 0 Å². The first kappa shape index (κ1) is 11.2. The molecule has 0 aliphatic rings. The van der Waals surface area contributed by atoms with E-state index in [1.807, 2.05) is 0 Å². The number of aryl methyl sites for hydroxylation is 1. The Bertz CT molecular complexity index is 377. The fourth-order valence-electron chi connectivity index (χ4n) is 1.04. The molecule has 1 N–H and O–H groups in total. The van der Waals surface area contributed by atoms with Gasteiger partial charge in [-0.15, -0.1) is 0 Å². The van der Waals surface area contributed by atoms with E-state index < -0.39 is 5.97 Å². The predicted octanol–water partition coefficient (Wildman–Crippen LogP) is 0.293. The highest BCUT2D eigenvalue weighted by molar-refractivity contribution is 5.96. The highest BCUT2D eigenvalue weighted by Gasteiger charge is 2.10. The van der Waals surface area contributed by atoms with E-state index >= 15 is 0 Å². The minimum atomic E-state index is -0.482. The van der Waals surface area contributed by atoms with Crippen molar-refractivity contribution in [2.24, 2.45) is 0 Å². The third kappa shape index (κ3) is 3.05. The van der Waals surface area contributed by atoms with E-state index in [0.717, 1.165) is 0 Å². The second-order valence-corrected chi connectivity index (χ2v) is 2.90. The fourth-order valence-corrected chi connectivity index (χ4v) is 1.04. The molecule has 1 amide bonds. The Balaban J connectivity index is 2.62. The van der Waals surface area contributed by atoms with Crippen LogP contribution in [0, 0.1) is 6.92 Å². The van der Waals surface area contributed by atoms with Crippen molar-refractivity contribution in [2.75, 3.05) is 13.7 Å². The van der Waals surface area contributed by atoms with Crippen LogP contribution in [0.2, 0.25) is 0 Å². The summed E-state index contributed by atoms with van der Waals surface area (Å²) in [6, 6.07) is 3.31. The van der Waals surface area contributed by atoms with Crippen LogP contribution in [0.3, 0.4) is 0 Å². The molecule has 0 unspecified atom stereocenters. The van der Waals surface area contributed by atoms with Gasteiger partial charge in [0.25, 0.3) is 5.91 Å². The van der Waals surface area contributed by atoms with Gasteiger partial charge in [-0.1, -0.05) is 0 Å². The molecule has 0 spiro atoms. The predicted molar refractivity (Wildman–Crippen MR) is 53.3 cm³/mol. The second kappa shape index (κ2) is 5.09. The highest BCUT2D eigenvalue weighted by atomic mass is 16.5. The summed E-state index contributed by atoms with van der Waals surface area (Å²) in [5.74, 6) is -0.809. The van der Waals surface area contributed by atoms with Crippen molar-refractivity contribution in [3.8, 4) is 0 Å². The molecular weight excluding hydrogens is 196 g/mol. The molecule has 0 fully saturated rings. The van der Waals surface area contributed by atoms with Gasteiger partial charge >= 0.3 is 5.97 Å². The van der Waals surface area contributed by atoms with E-state index in [4.69, 9.17) is 0 Å². The van der Waals surface area contributed by atoms with Crippen LogP contribution in [0.5, 0.6) is 0 Å². The lowest BCUT2D eigenvalue weighted by Crippen LogP contribution is -2.30. The molecule has 5 nitrogen and oxygen atoms in total. The number of hydrogen-bond acceptors (Lipinski definition) is 4. The van der Waals surface area contributed by atoms with Crippen molar-refractivity contribution in [3.05, 3.63) is 29.6 Å². The van der Waals surface area contributed by atoms with Gasteiger partial charge in [0.2, 0.25) is 0 Å². The van der Waals surface area contributed by atoms with E-state index in [9.17, 15) is 9.59 Å². The van der Waals surface area contributed by atoms with Crippen molar-refractivity contribution in [3.63, 3.8) is 0 Å². The first-order valence-corrected chi connectivity index (χ1v) is 4.41. The second-order valence-electron chi connectivity index (χ2n) is 2.90. The number of hydrogen-bond donors (Lipinski definition) is 1. The van der Waals surface area contributed by atoms with Crippen LogP contribution in [0.4, 0.5) is 0 Å². The monoisotopic (exact) mass is 208 g/mol. The molecular formula is C10H12N2O3. The lowest BCUT2D eigenvalue weighted by atomic mass is 10.2. The molecule has 0 aromatic carbocycles. The maximum Gasteiger partial charge on any atom is 0.325 e. The molecule has 0 bridgehead atoms. The number of carbonyl (C=O) groups excluding carboxylic acids is 2. The summed E-state index contributed by atoms with van der Waals surface area (Å²) in [5.41, 5.74) is 1.08. The number of nitrogens with one attached hydrogen (secondary N) is 1. The number of pyridine rings is 1. The van der Waals surface area contributed by atoms with Crippen molar-refractivity contribution in [2.45, 2.75) is 6.92 Å². The number of aromatic nitrogens is 1. The Labute approximate surface area is 87.5 Å². The smallest absolute Gasteiger partial charge is 0.325 e. The summed E-state index contributed by atoms with van der Waals surface area (Å²) in [4.78, 5) is 26.3. The van der Waals surface area contributed by atoms with Crippen LogP contribution in [0.1, 0.15) is 16.1 Å². The maximum absolute atomic E-state index is 11.5. The van der Waals surface area contributed by atoms with Crippen molar-refractivity contribution in [1.29, 1.82) is 0 Å². The number of nitrogens with zero attached hydrogens (tertiary/aromatic N) is 1. The Hall–Kier alpha value is -1.91. The van der Waals surface area contributed by atoms with Crippen molar-refractivity contribution >= 4 is 11.9 Å². The van der Waals surface area contributed by atoms with Gasteiger partial charge in [0.15, 0.2) is 0 Å². The Morgan fingerprint density at radius 2 is 2.27 bits per heavy atom.